The van der Waals surface area contributed by atoms with E-state index in [1.54, 1.807) is 0 Å². The fraction of sp³-hybridized carbons (Fsp3) is 0.0714. The van der Waals surface area contributed by atoms with Gasteiger partial charge in [0.2, 0.25) is 0 Å². The lowest BCUT2D eigenvalue weighted by molar-refractivity contribution is 0.102. The summed E-state index contributed by atoms with van der Waals surface area (Å²) in [6.45, 7) is -0.351. The quantitative estimate of drug-likeness (QED) is 0.805. The number of aliphatic hydroxyl groups excluding tert-OH is 1. The van der Waals surface area contributed by atoms with Crippen LogP contribution in [0.5, 0.6) is 0 Å². The average Bonchev–Trinajstić information content (AvgIpc) is 2.48. The molecule has 0 aliphatic heterocycles. The highest BCUT2D eigenvalue weighted by atomic mass is 19.1. The number of amides is 1. The molecule has 1 aromatic heterocycles. The van der Waals surface area contributed by atoms with Gasteiger partial charge in [-0.25, -0.2) is 14.4 Å². The number of halogens is 1. The highest BCUT2D eigenvalue weighted by Crippen LogP contribution is 2.17. The van der Waals surface area contributed by atoms with Gasteiger partial charge >= 0.3 is 0 Å². The Balaban J connectivity index is 2.27. The van der Waals surface area contributed by atoms with Gasteiger partial charge in [-0.15, -0.1) is 0 Å². The van der Waals surface area contributed by atoms with E-state index >= 15 is 0 Å². The van der Waals surface area contributed by atoms with E-state index in [4.69, 9.17) is 5.11 Å². The molecule has 0 unspecified atom stereocenters. The van der Waals surface area contributed by atoms with Crippen LogP contribution in [0.4, 0.5) is 10.1 Å². The van der Waals surface area contributed by atoms with Gasteiger partial charge in [-0.3, -0.25) is 4.79 Å². The smallest absolute Gasteiger partial charge is 0.258 e. The summed E-state index contributed by atoms with van der Waals surface area (Å²) in [6.07, 6.45) is 4.04. The Kier molecular flexibility index (Phi) is 4.37. The summed E-state index contributed by atoms with van der Waals surface area (Å²) in [4.78, 5) is 19.4. The van der Waals surface area contributed by atoms with E-state index in [0.717, 1.165) is 0 Å². The van der Waals surface area contributed by atoms with Crippen molar-refractivity contribution >= 4 is 11.6 Å². The number of hydrogen-bond donors (Lipinski definition) is 2. The van der Waals surface area contributed by atoms with Crippen LogP contribution in [0.2, 0.25) is 0 Å². The maximum atomic E-state index is 13.2. The molecule has 1 aromatic carbocycles. The van der Waals surface area contributed by atoms with E-state index in [1.807, 2.05) is 0 Å². The predicted octanol–water partition coefficient (Wildman–Crippen LogP) is 1.21. The Morgan fingerprint density at radius 2 is 2.10 bits per heavy atom. The molecule has 0 aliphatic rings. The number of aromatic nitrogens is 2. The monoisotopic (exact) mass is 271 g/mol. The fourth-order valence-corrected chi connectivity index (χ4v) is 1.47. The Hall–Kier alpha value is -2.78. The zero-order chi connectivity index (χ0) is 14.4. The maximum absolute atomic E-state index is 13.2. The van der Waals surface area contributed by atoms with E-state index in [-0.39, 0.29) is 17.7 Å². The molecule has 2 rings (SSSR count). The van der Waals surface area contributed by atoms with Crippen LogP contribution in [0.25, 0.3) is 0 Å². The van der Waals surface area contributed by atoms with Crippen molar-refractivity contribution in [1.82, 2.24) is 9.97 Å². The van der Waals surface area contributed by atoms with Gasteiger partial charge in [0.05, 0.1) is 16.8 Å². The number of anilines is 1. The highest BCUT2D eigenvalue weighted by molar-refractivity contribution is 6.04. The van der Waals surface area contributed by atoms with Crippen molar-refractivity contribution < 1.29 is 14.3 Å². The lowest BCUT2D eigenvalue weighted by Gasteiger charge is -2.07. The molecule has 0 atom stereocenters. The first-order valence-corrected chi connectivity index (χ1v) is 5.66. The minimum Gasteiger partial charge on any atom is -0.384 e. The van der Waals surface area contributed by atoms with Crippen molar-refractivity contribution in [1.29, 1.82) is 0 Å². The van der Waals surface area contributed by atoms with Crippen molar-refractivity contribution in [2.75, 3.05) is 11.9 Å². The zero-order valence-electron chi connectivity index (χ0n) is 10.3. The van der Waals surface area contributed by atoms with Crippen molar-refractivity contribution in [3.05, 3.63) is 53.9 Å². The van der Waals surface area contributed by atoms with Crippen LogP contribution in [0.3, 0.4) is 0 Å². The molecule has 0 radical (unpaired) electrons. The summed E-state index contributed by atoms with van der Waals surface area (Å²) in [5.41, 5.74) is 0.906. The molecule has 0 bridgehead atoms. The number of nitrogens with zero attached hydrogens (tertiary/aromatic N) is 2. The van der Waals surface area contributed by atoms with Gasteiger partial charge < -0.3 is 10.4 Å². The van der Waals surface area contributed by atoms with E-state index in [9.17, 15) is 9.18 Å². The first-order valence-electron chi connectivity index (χ1n) is 5.66. The number of benzene rings is 1. The molecule has 2 aromatic rings. The molecule has 1 heterocycles. The van der Waals surface area contributed by atoms with E-state index < -0.39 is 11.7 Å². The van der Waals surface area contributed by atoms with E-state index in [0.29, 0.717) is 5.69 Å². The first-order chi connectivity index (χ1) is 9.70. The van der Waals surface area contributed by atoms with Gasteiger partial charge in [0.1, 0.15) is 18.8 Å². The third-order valence-electron chi connectivity index (χ3n) is 2.35. The molecule has 0 saturated carbocycles. The van der Waals surface area contributed by atoms with E-state index in [1.165, 1.54) is 36.9 Å². The second-order valence-corrected chi connectivity index (χ2v) is 3.73. The summed E-state index contributed by atoms with van der Waals surface area (Å²) < 4.78 is 13.2. The number of hydrogen-bond acceptors (Lipinski definition) is 4. The van der Waals surface area contributed by atoms with Gasteiger partial charge in [0.25, 0.3) is 5.91 Å². The molecule has 1 amide bonds. The molecule has 0 saturated heterocycles. The average molecular weight is 271 g/mol. The zero-order valence-corrected chi connectivity index (χ0v) is 10.3. The second-order valence-electron chi connectivity index (χ2n) is 3.73. The molecule has 5 nitrogen and oxygen atoms in total. The van der Waals surface area contributed by atoms with Crippen molar-refractivity contribution in [2.45, 2.75) is 0 Å². The number of rotatable bonds is 2. The van der Waals surface area contributed by atoms with Crippen molar-refractivity contribution in [3.63, 3.8) is 0 Å². The lowest BCUT2D eigenvalue weighted by Crippen LogP contribution is -2.13. The summed E-state index contributed by atoms with van der Waals surface area (Å²) in [7, 11) is 0. The van der Waals surface area contributed by atoms with Gasteiger partial charge in [0, 0.05) is 12.4 Å². The summed E-state index contributed by atoms with van der Waals surface area (Å²) >= 11 is 0. The van der Waals surface area contributed by atoms with Crippen molar-refractivity contribution in [2.24, 2.45) is 0 Å². The van der Waals surface area contributed by atoms with Crippen molar-refractivity contribution in [3.8, 4) is 11.8 Å². The standard InChI is InChI=1S/C14H10FN3O2/c15-12-3-4-13(10(6-12)2-1-5-19)18-14(20)11-7-16-9-17-8-11/h3-4,6-9,19H,5H2,(H,18,20). The van der Waals surface area contributed by atoms with Crippen LogP contribution in [0.1, 0.15) is 15.9 Å². The van der Waals surface area contributed by atoms with Gasteiger partial charge in [-0.1, -0.05) is 11.8 Å². The Morgan fingerprint density at radius 1 is 1.35 bits per heavy atom. The Labute approximate surface area is 114 Å². The van der Waals surface area contributed by atoms with Gasteiger partial charge in [-0.2, -0.15) is 0 Å². The Morgan fingerprint density at radius 3 is 2.80 bits per heavy atom. The van der Waals surface area contributed by atoms with Crippen LogP contribution in [-0.2, 0) is 0 Å². The summed E-state index contributed by atoms with van der Waals surface area (Å²) in [5, 5.41) is 11.3. The van der Waals surface area contributed by atoms with E-state index in [2.05, 4.69) is 27.1 Å². The van der Waals surface area contributed by atoms with Crippen LogP contribution in [-0.4, -0.2) is 27.6 Å². The molecule has 0 spiro atoms. The van der Waals surface area contributed by atoms with Crippen LogP contribution in [0.15, 0.2) is 36.9 Å². The third kappa shape index (κ3) is 3.37. The number of carbonyl (C=O) groups excluding carboxylic acids is 1. The highest BCUT2D eigenvalue weighted by Gasteiger charge is 2.09. The molecule has 2 N–H and O–H groups in total. The Bertz CT molecular complexity index is 678. The summed E-state index contributed by atoms with van der Waals surface area (Å²) in [5.74, 6) is 4.08. The molecular weight excluding hydrogens is 261 g/mol. The SMILES string of the molecule is O=C(Nc1ccc(F)cc1C#CCO)c1cncnc1. The molecule has 0 fully saturated rings. The molecule has 20 heavy (non-hydrogen) atoms. The minimum absolute atomic E-state index is 0.276. The number of aliphatic hydroxyl groups is 1. The second kappa shape index (κ2) is 6.41. The predicted molar refractivity (Wildman–Crippen MR) is 70.3 cm³/mol. The molecule has 6 heteroatoms. The largest absolute Gasteiger partial charge is 0.384 e. The lowest BCUT2D eigenvalue weighted by atomic mass is 10.1. The fourth-order valence-electron chi connectivity index (χ4n) is 1.47. The minimum atomic E-state index is -0.478. The topological polar surface area (TPSA) is 75.1 Å². The summed E-state index contributed by atoms with van der Waals surface area (Å²) in [6, 6.07) is 3.79. The van der Waals surface area contributed by atoms with Crippen LogP contribution >= 0.6 is 0 Å². The van der Waals surface area contributed by atoms with Gasteiger partial charge in [-0.05, 0) is 18.2 Å². The molecular formula is C14H10FN3O2. The first kappa shape index (κ1) is 13.6. The molecule has 100 valence electrons. The molecule has 0 aliphatic carbocycles. The van der Waals surface area contributed by atoms with Crippen LogP contribution in [0, 0.1) is 17.7 Å². The third-order valence-corrected chi connectivity index (χ3v) is 2.35. The normalized spacial score (nSPS) is 9.50. The number of carbonyl (C=O) groups is 1. The van der Waals surface area contributed by atoms with Gasteiger partial charge in [0.15, 0.2) is 0 Å². The number of nitrogens with one attached hydrogen (secondary N) is 1. The maximum Gasteiger partial charge on any atom is 0.258 e. The van der Waals surface area contributed by atoms with Crippen LogP contribution < -0.4 is 5.32 Å².